The molecule has 0 amide bonds. The number of alkyl halides is 1. The first-order chi connectivity index (χ1) is 6.24. The lowest BCUT2D eigenvalue weighted by atomic mass is 10.4. The summed E-state index contributed by atoms with van der Waals surface area (Å²) in [6.45, 7) is 1.70. The summed E-state index contributed by atoms with van der Waals surface area (Å²) in [7, 11) is 0. The van der Waals surface area contributed by atoms with Gasteiger partial charge in [0.25, 0.3) is 5.56 Å². The van der Waals surface area contributed by atoms with Gasteiger partial charge in [0, 0.05) is 10.2 Å². The number of halogens is 1. The van der Waals surface area contributed by atoms with Crippen LogP contribution in [0.4, 0.5) is 0 Å². The van der Waals surface area contributed by atoms with E-state index in [2.05, 4.69) is 32.8 Å². The molecule has 1 aliphatic rings. The Kier molecular flexibility index (Phi) is 2.59. The van der Waals surface area contributed by atoms with E-state index in [1.54, 1.807) is 23.3 Å². The van der Waals surface area contributed by atoms with E-state index in [0.29, 0.717) is 11.7 Å². The molecule has 1 aromatic rings. The lowest BCUT2D eigenvalue weighted by Gasteiger charge is -2.08. The van der Waals surface area contributed by atoms with E-state index in [4.69, 9.17) is 0 Å². The van der Waals surface area contributed by atoms with Crippen molar-refractivity contribution in [3.05, 3.63) is 16.0 Å². The number of hydrogen-bond donors (Lipinski definition) is 0. The van der Waals surface area contributed by atoms with E-state index in [9.17, 15) is 4.79 Å². The van der Waals surface area contributed by atoms with Gasteiger partial charge in [-0.25, -0.2) is 0 Å². The molecule has 0 spiro atoms. The van der Waals surface area contributed by atoms with E-state index in [1.807, 2.05) is 0 Å². The first-order valence-electron chi connectivity index (χ1n) is 3.88. The Hall–Kier alpha value is -0.110. The summed E-state index contributed by atoms with van der Waals surface area (Å²) in [5.74, 6) is 0.941. The maximum Gasteiger partial charge on any atom is 0.276 e. The molecule has 0 bridgehead atoms. The molecule has 6 heteroatoms. The van der Waals surface area contributed by atoms with Crippen molar-refractivity contribution in [2.45, 2.75) is 18.1 Å². The van der Waals surface area contributed by atoms with E-state index in [1.165, 1.54) is 0 Å². The molecule has 70 valence electrons. The minimum Gasteiger partial charge on any atom is -0.280 e. The predicted molar refractivity (Wildman–Crippen MR) is 59.7 cm³/mol. The van der Waals surface area contributed by atoms with Crippen molar-refractivity contribution in [3.8, 4) is 0 Å². The molecule has 13 heavy (non-hydrogen) atoms. The molecule has 0 N–H and O–H groups in total. The van der Waals surface area contributed by atoms with Crippen molar-refractivity contribution in [1.82, 2.24) is 14.8 Å². The maximum atomic E-state index is 11.7. The quantitative estimate of drug-likeness (QED) is 0.574. The van der Waals surface area contributed by atoms with Crippen LogP contribution in [0.1, 0.15) is 11.7 Å². The summed E-state index contributed by atoms with van der Waals surface area (Å²) in [4.78, 5) is 11.7. The Labute approximate surface area is 93.3 Å². The fourth-order valence-electron chi connectivity index (χ4n) is 1.25. The third-order valence-electron chi connectivity index (χ3n) is 1.97. The highest BCUT2D eigenvalue weighted by molar-refractivity contribution is 14.1. The second kappa shape index (κ2) is 3.56. The topological polar surface area (TPSA) is 47.8 Å². The first kappa shape index (κ1) is 9.45. The molecule has 0 unspecified atom stereocenters. The predicted octanol–water partition coefficient (Wildman–Crippen LogP) is 1.03. The van der Waals surface area contributed by atoms with Crippen molar-refractivity contribution < 1.29 is 0 Å². The Balaban J connectivity index is 2.61. The van der Waals surface area contributed by atoms with E-state index in [-0.39, 0.29) is 5.56 Å². The van der Waals surface area contributed by atoms with Gasteiger partial charge < -0.3 is 0 Å². The van der Waals surface area contributed by atoms with Crippen LogP contribution in [0.15, 0.2) is 9.95 Å². The second-order valence-electron chi connectivity index (χ2n) is 2.86. The van der Waals surface area contributed by atoms with E-state index < -0.39 is 0 Å². The van der Waals surface area contributed by atoms with Crippen molar-refractivity contribution >= 4 is 34.4 Å². The van der Waals surface area contributed by atoms with Crippen LogP contribution in [0.3, 0.4) is 0 Å². The lowest BCUT2D eigenvalue weighted by molar-refractivity contribution is 0.531. The summed E-state index contributed by atoms with van der Waals surface area (Å²) in [6, 6.07) is 0.294. The molecule has 0 aromatic carbocycles. The van der Waals surface area contributed by atoms with Gasteiger partial charge in [0.05, 0.1) is 6.04 Å². The molecule has 1 atom stereocenters. The molecule has 0 saturated heterocycles. The van der Waals surface area contributed by atoms with Crippen LogP contribution < -0.4 is 5.56 Å². The third kappa shape index (κ3) is 1.50. The van der Waals surface area contributed by atoms with Crippen molar-refractivity contribution in [1.29, 1.82) is 0 Å². The molecule has 0 saturated carbocycles. The minimum absolute atomic E-state index is 0.0108. The highest BCUT2D eigenvalue weighted by Crippen LogP contribution is 2.30. The Morgan fingerprint density at radius 3 is 3.15 bits per heavy atom. The van der Waals surface area contributed by atoms with E-state index >= 15 is 0 Å². The zero-order valence-corrected chi connectivity index (χ0v) is 10.0. The van der Waals surface area contributed by atoms with Gasteiger partial charge in [-0.2, -0.15) is 0 Å². The van der Waals surface area contributed by atoms with Crippen molar-refractivity contribution in [2.24, 2.45) is 0 Å². The lowest BCUT2D eigenvalue weighted by Crippen LogP contribution is -2.28. The standard InChI is InChI=1S/C7H8IN3OS/c1-4-6(12)11-5(2-8)3-13-7(11)10-9-4/h5H,2-3H2,1H3/t5-/m1/s1. The third-order valence-corrected chi connectivity index (χ3v) is 4.07. The Bertz CT molecular complexity index is 392. The SMILES string of the molecule is Cc1nnc2n(c1=O)[C@H](CI)CS2. The summed E-state index contributed by atoms with van der Waals surface area (Å²) >= 11 is 3.90. The molecule has 4 nitrogen and oxygen atoms in total. The number of rotatable bonds is 1. The minimum atomic E-state index is 0.0108. The largest absolute Gasteiger partial charge is 0.280 e. The van der Waals surface area contributed by atoms with Crippen LogP contribution >= 0.6 is 34.4 Å². The zero-order chi connectivity index (χ0) is 9.42. The summed E-state index contributed by atoms with van der Waals surface area (Å²) in [5.41, 5.74) is 0.498. The molecule has 2 heterocycles. The van der Waals surface area contributed by atoms with Gasteiger partial charge in [-0.15, -0.1) is 10.2 Å². The van der Waals surface area contributed by atoms with Crippen molar-refractivity contribution in [2.75, 3.05) is 10.2 Å². The fraction of sp³-hybridized carbons (Fsp3) is 0.571. The van der Waals surface area contributed by atoms with Gasteiger partial charge in [0.15, 0.2) is 5.16 Å². The number of nitrogens with zero attached hydrogens (tertiary/aromatic N) is 3. The highest BCUT2D eigenvalue weighted by Gasteiger charge is 2.25. The van der Waals surface area contributed by atoms with Crippen LogP contribution in [-0.4, -0.2) is 24.9 Å². The Morgan fingerprint density at radius 1 is 1.69 bits per heavy atom. The average molecular weight is 309 g/mol. The fourth-order valence-corrected chi connectivity index (χ4v) is 3.46. The molecule has 0 aliphatic carbocycles. The van der Waals surface area contributed by atoms with Crippen LogP contribution in [-0.2, 0) is 0 Å². The smallest absolute Gasteiger partial charge is 0.276 e. The zero-order valence-electron chi connectivity index (χ0n) is 7.03. The summed E-state index contributed by atoms with van der Waals surface area (Å²) in [6.07, 6.45) is 0. The van der Waals surface area contributed by atoms with Crippen LogP contribution in [0.2, 0.25) is 0 Å². The van der Waals surface area contributed by atoms with Crippen LogP contribution in [0.5, 0.6) is 0 Å². The van der Waals surface area contributed by atoms with Gasteiger partial charge in [0.1, 0.15) is 5.69 Å². The molecule has 2 rings (SSSR count). The molecular weight excluding hydrogens is 301 g/mol. The van der Waals surface area contributed by atoms with Gasteiger partial charge in [-0.3, -0.25) is 9.36 Å². The van der Waals surface area contributed by atoms with Crippen molar-refractivity contribution in [3.63, 3.8) is 0 Å². The normalized spacial score (nSPS) is 20.3. The Morgan fingerprint density at radius 2 is 2.46 bits per heavy atom. The highest BCUT2D eigenvalue weighted by atomic mass is 127. The first-order valence-corrected chi connectivity index (χ1v) is 6.39. The summed E-state index contributed by atoms with van der Waals surface area (Å²) in [5, 5.41) is 8.56. The number of aryl methyl sites for hydroxylation is 1. The molecule has 0 radical (unpaired) electrons. The monoisotopic (exact) mass is 309 g/mol. The van der Waals surface area contributed by atoms with Crippen LogP contribution in [0.25, 0.3) is 0 Å². The molecule has 1 aromatic heterocycles. The molecule has 1 aliphatic heterocycles. The molecular formula is C7H8IN3OS. The van der Waals surface area contributed by atoms with Crippen LogP contribution in [0, 0.1) is 6.92 Å². The molecule has 0 fully saturated rings. The maximum absolute atomic E-state index is 11.7. The van der Waals surface area contributed by atoms with Gasteiger partial charge in [0.2, 0.25) is 0 Å². The van der Waals surface area contributed by atoms with Gasteiger partial charge in [-0.1, -0.05) is 34.4 Å². The number of aromatic nitrogens is 3. The van der Waals surface area contributed by atoms with E-state index in [0.717, 1.165) is 15.3 Å². The summed E-state index contributed by atoms with van der Waals surface area (Å²) < 4.78 is 2.71. The number of fused-ring (bicyclic) bond motifs is 1. The average Bonchev–Trinajstić information content (AvgIpc) is 2.55. The van der Waals surface area contributed by atoms with Gasteiger partial charge in [-0.05, 0) is 6.92 Å². The van der Waals surface area contributed by atoms with Gasteiger partial charge >= 0.3 is 0 Å². The second-order valence-corrected chi connectivity index (χ2v) is 4.73. The number of hydrogen-bond acceptors (Lipinski definition) is 4. The number of thioether (sulfide) groups is 1.